The molecule has 0 spiro atoms. The molecule has 0 heterocycles. The number of hydrogen-bond donors (Lipinski definition) is 1. The Morgan fingerprint density at radius 3 is 2.18 bits per heavy atom. The van der Waals surface area contributed by atoms with Crippen LogP contribution in [0.3, 0.4) is 0 Å². The number of carbonyl (C=O) groups is 2. The zero-order valence-electron chi connectivity index (χ0n) is 22.9. The molecule has 1 atom stereocenters. The lowest BCUT2D eigenvalue weighted by Gasteiger charge is -2.33. The molecule has 0 saturated carbocycles. The third kappa shape index (κ3) is 8.57. The maximum absolute atomic E-state index is 14.0. The Hall–Kier alpha value is -3.36. The molecule has 2 amide bonds. The second-order valence-corrected chi connectivity index (χ2v) is 12.0. The molecule has 0 aliphatic rings. The minimum atomic E-state index is -3.81. The van der Waals surface area contributed by atoms with Crippen LogP contribution in [-0.2, 0) is 32.6 Å². The first-order valence-electron chi connectivity index (χ1n) is 12.9. The number of anilines is 1. The van der Waals surface area contributed by atoms with Gasteiger partial charge >= 0.3 is 0 Å². The molecular weight excluding hydrogens is 534 g/mol. The van der Waals surface area contributed by atoms with E-state index in [1.807, 2.05) is 57.2 Å². The van der Waals surface area contributed by atoms with Crippen LogP contribution >= 0.6 is 11.6 Å². The smallest absolute Gasteiger partial charge is 0.244 e. The first kappa shape index (κ1) is 30.2. The molecule has 9 heteroatoms. The van der Waals surface area contributed by atoms with Gasteiger partial charge in [-0.15, -0.1) is 0 Å². The van der Waals surface area contributed by atoms with Gasteiger partial charge in [-0.05, 0) is 66.8 Å². The predicted molar refractivity (Wildman–Crippen MR) is 157 cm³/mol. The van der Waals surface area contributed by atoms with Crippen LogP contribution in [0.15, 0.2) is 72.8 Å². The molecule has 0 bridgehead atoms. The van der Waals surface area contributed by atoms with Crippen LogP contribution in [0.4, 0.5) is 5.69 Å². The van der Waals surface area contributed by atoms with Gasteiger partial charge in [-0.1, -0.05) is 67.1 Å². The highest BCUT2D eigenvalue weighted by Crippen LogP contribution is 2.23. The highest BCUT2D eigenvalue weighted by atomic mass is 35.5. The average Bonchev–Trinajstić information content (AvgIpc) is 2.90. The van der Waals surface area contributed by atoms with Crippen molar-refractivity contribution in [3.63, 3.8) is 0 Å². The van der Waals surface area contributed by atoms with Crippen molar-refractivity contribution in [3.05, 3.63) is 100 Å². The summed E-state index contributed by atoms with van der Waals surface area (Å²) in [6.45, 7) is 5.91. The topological polar surface area (TPSA) is 86.8 Å². The fraction of sp³-hybridized carbons (Fsp3) is 0.333. The standard InChI is InChI=1S/C30H36ClN3O4S/c1-5-17-32-30(36)28(19-24-9-7-6-8-10-24)33(20-25-12-14-26(31)15-13-25)29(35)21-34(39(4,37)38)27-16-11-22(2)23(3)18-27/h6-16,18,28H,5,17,19-21H2,1-4H3,(H,32,36). The monoisotopic (exact) mass is 569 g/mol. The van der Waals surface area contributed by atoms with Gasteiger partial charge in [-0.25, -0.2) is 8.42 Å². The van der Waals surface area contributed by atoms with E-state index in [0.29, 0.717) is 17.3 Å². The number of carbonyl (C=O) groups excluding carboxylic acids is 2. The molecule has 0 saturated heterocycles. The summed E-state index contributed by atoms with van der Waals surface area (Å²) < 4.78 is 26.9. The Labute approximate surface area is 236 Å². The van der Waals surface area contributed by atoms with Crippen molar-refractivity contribution >= 4 is 39.1 Å². The molecule has 3 aromatic rings. The third-order valence-electron chi connectivity index (χ3n) is 6.54. The van der Waals surface area contributed by atoms with Crippen LogP contribution in [0.5, 0.6) is 0 Å². The van der Waals surface area contributed by atoms with Crippen LogP contribution in [0.2, 0.25) is 5.02 Å². The molecule has 3 aromatic carbocycles. The molecule has 1 N–H and O–H groups in total. The van der Waals surface area contributed by atoms with E-state index in [0.717, 1.165) is 39.2 Å². The van der Waals surface area contributed by atoms with Gasteiger partial charge in [0.2, 0.25) is 21.8 Å². The maximum atomic E-state index is 14.0. The second kappa shape index (κ2) is 13.6. The first-order chi connectivity index (χ1) is 18.5. The zero-order valence-corrected chi connectivity index (χ0v) is 24.4. The minimum absolute atomic E-state index is 0.109. The number of nitrogens with zero attached hydrogens (tertiary/aromatic N) is 2. The van der Waals surface area contributed by atoms with Crippen molar-refractivity contribution in [2.45, 2.75) is 46.2 Å². The quantitative estimate of drug-likeness (QED) is 0.336. The van der Waals surface area contributed by atoms with Gasteiger partial charge in [0.15, 0.2) is 0 Å². The first-order valence-corrected chi connectivity index (χ1v) is 15.1. The van der Waals surface area contributed by atoms with Crippen LogP contribution in [-0.4, -0.2) is 50.5 Å². The summed E-state index contributed by atoms with van der Waals surface area (Å²) in [6.07, 6.45) is 2.09. The lowest BCUT2D eigenvalue weighted by atomic mass is 10.0. The number of halogens is 1. The number of hydrogen-bond acceptors (Lipinski definition) is 4. The van der Waals surface area contributed by atoms with E-state index >= 15 is 0 Å². The van der Waals surface area contributed by atoms with Crippen LogP contribution in [0.25, 0.3) is 0 Å². The van der Waals surface area contributed by atoms with Crippen molar-refractivity contribution in [3.8, 4) is 0 Å². The number of amides is 2. The van der Waals surface area contributed by atoms with E-state index in [-0.39, 0.29) is 18.9 Å². The molecule has 0 aliphatic carbocycles. The Morgan fingerprint density at radius 1 is 0.923 bits per heavy atom. The molecule has 39 heavy (non-hydrogen) atoms. The van der Waals surface area contributed by atoms with Crippen molar-refractivity contribution in [1.82, 2.24) is 10.2 Å². The number of sulfonamides is 1. The van der Waals surface area contributed by atoms with E-state index in [4.69, 9.17) is 11.6 Å². The van der Waals surface area contributed by atoms with E-state index in [1.54, 1.807) is 36.4 Å². The summed E-state index contributed by atoms with van der Waals surface area (Å²) in [4.78, 5) is 29.0. The molecule has 0 aliphatic heterocycles. The van der Waals surface area contributed by atoms with Gasteiger partial charge in [0.05, 0.1) is 11.9 Å². The number of rotatable bonds is 12. The molecule has 208 valence electrons. The van der Waals surface area contributed by atoms with Gasteiger partial charge in [-0.3, -0.25) is 13.9 Å². The highest BCUT2D eigenvalue weighted by molar-refractivity contribution is 7.92. The maximum Gasteiger partial charge on any atom is 0.244 e. The molecule has 1 unspecified atom stereocenters. The van der Waals surface area contributed by atoms with Gasteiger partial charge in [0.25, 0.3) is 0 Å². The van der Waals surface area contributed by atoms with Gasteiger partial charge in [0, 0.05) is 24.5 Å². The molecule has 0 radical (unpaired) electrons. The van der Waals surface area contributed by atoms with Gasteiger partial charge in [-0.2, -0.15) is 0 Å². The molecular formula is C30H36ClN3O4S. The Bertz CT molecular complexity index is 1380. The highest BCUT2D eigenvalue weighted by Gasteiger charge is 2.33. The average molecular weight is 570 g/mol. The van der Waals surface area contributed by atoms with Crippen molar-refractivity contribution < 1.29 is 18.0 Å². The fourth-order valence-corrected chi connectivity index (χ4v) is 5.17. The Kier molecular flexibility index (Phi) is 10.5. The summed E-state index contributed by atoms with van der Waals surface area (Å²) in [6, 6.07) is 20.9. The third-order valence-corrected chi connectivity index (χ3v) is 7.94. The number of aryl methyl sites for hydroxylation is 2. The van der Waals surface area contributed by atoms with Crippen LogP contribution in [0, 0.1) is 13.8 Å². The van der Waals surface area contributed by atoms with Gasteiger partial charge < -0.3 is 10.2 Å². The SMILES string of the molecule is CCCNC(=O)C(Cc1ccccc1)N(Cc1ccc(Cl)cc1)C(=O)CN(c1ccc(C)c(C)c1)S(C)(=O)=O. The summed E-state index contributed by atoms with van der Waals surface area (Å²) in [7, 11) is -3.81. The summed E-state index contributed by atoms with van der Waals surface area (Å²) >= 11 is 6.08. The Morgan fingerprint density at radius 2 is 1.59 bits per heavy atom. The van der Waals surface area contributed by atoms with Crippen LogP contribution < -0.4 is 9.62 Å². The summed E-state index contributed by atoms with van der Waals surface area (Å²) in [5.74, 6) is -0.777. The number of benzene rings is 3. The fourth-order valence-electron chi connectivity index (χ4n) is 4.20. The second-order valence-electron chi connectivity index (χ2n) is 9.68. The van der Waals surface area contributed by atoms with E-state index in [2.05, 4.69) is 5.32 Å². The van der Waals surface area contributed by atoms with E-state index < -0.39 is 28.5 Å². The van der Waals surface area contributed by atoms with E-state index in [1.165, 1.54) is 4.90 Å². The molecule has 3 rings (SSSR count). The van der Waals surface area contributed by atoms with Crippen molar-refractivity contribution in [2.75, 3.05) is 23.7 Å². The van der Waals surface area contributed by atoms with Crippen molar-refractivity contribution in [1.29, 1.82) is 0 Å². The lowest BCUT2D eigenvalue weighted by Crippen LogP contribution is -2.53. The predicted octanol–water partition coefficient (Wildman–Crippen LogP) is 4.89. The largest absolute Gasteiger partial charge is 0.354 e. The molecule has 0 fully saturated rings. The lowest BCUT2D eigenvalue weighted by molar-refractivity contribution is -0.140. The Balaban J connectivity index is 2.04. The summed E-state index contributed by atoms with van der Waals surface area (Å²) in [5.41, 5.74) is 3.98. The minimum Gasteiger partial charge on any atom is -0.354 e. The summed E-state index contributed by atoms with van der Waals surface area (Å²) in [5, 5.41) is 3.48. The van der Waals surface area contributed by atoms with Crippen LogP contribution in [0.1, 0.15) is 35.6 Å². The number of nitrogens with one attached hydrogen (secondary N) is 1. The molecule has 0 aromatic heterocycles. The van der Waals surface area contributed by atoms with Crippen molar-refractivity contribution in [2.24, 2.45) is 0 Å². The van der Waals surface area contributed by atoms with Gasteiger partial charge in [0.1, 0.15) is 12.6 Å². The normalized spacial score (nSPS) is 12.0. The van der Waals surface area contributed by atoms with E-state index in [9.17, 15) is 18.0 Å². The zero-order chi connectivity index (χ0) is 28.6. The molecule has 7 nitrogen and oxygen atoms in total.